The molecule has 11 nitrogen and oxygen atoms in total. The number of rotatable bonds is 7. The standard InChI is InChI=1S/C19H13ClN4O7S/c20-13-1-3-15(4-2-13)22-32(30,31)18-7-5-14(6-8-18)21-19(25)12-9-16(23(26)27)11-17(10-12)24(28)29/h1-11,22H,(H,21,25). The van der Waals surface area contributed by atoms with Gasteiger partial charge in [-0.2, -0.15) is 0 Å². The quantitative estimate of drug-likeness (QED) is 0.381. The highest BCUT2D eigenvalue weighted by atomic mass is 35.5. The van der Waals surface area contributed by atoms with Crippen LogP contribution in [-0.2, 0) is 10.0 Å². The molecule has 0 aliphatic heterocycles. The molecule has 0 aliphatic rings. The molecule has 2 N–H and O–H groups in total. The third kappa shape index (κ3) is 5.36. The highest BCUT2D eigenvalue weighted by Gasteiger charge is 2.20. The van der Waals surface area contributed by atoms with E-state index in [2.05, 4.69) is 10.0 Å². The average molecular weight is 477 g/mol. The van der Waals surface area contributed by atoms with Crippen LogP contribution in [0, 0.1) is 20.2 Å². The summed E-state index contributed by atoms with van der Waals surface area (Å²) in [6.07, 6.45) is 0. The Morgan fingerprint density at radius 3 is 1.81 bits per heavy atom. The molecule has 32 heavy (non-hydrogen) atoms. The summed E-state index contributed by atoms with van der Waals surface area (Å²) >= 11 is 5.77. The van der Waals surface area contributed by atoms with Crippen molar-refractivity contribution in [2.75, 3.05) is 10.0 Å². The van der Waals surface area contributed by atoms with Crippen LogP contribution in [0.3, 0.4) is 0 Å². The minimum Gasteiger partial charge on any atom is -0.322 e. The fourth-order valence-corrected chi connectivity index (χ4v) is 3.77. The Bertz CT molecular complexity index is 1280. The molecule has 0 radical (unpaired) electrons. The smallest absolute Gasteiger partial charge is 0.277 e. The summed E-state index contributed by atoms with van der Waals surface area (Å²) in [6.45, 7) is 0. The Morgan fingerprint density at radius 1 is 0.812 bits per heavy atom. The van der Waals surface area contributed by atoms with E-state index in [0.717, 1.165) is 18.2 Å². The van der Waals surface area contributed by atoms with E-state index < -0.39 is 37.2 Å². The number of carbonyl (C=O) groups excluding carboxylic acids is 1. The van der Waals surface area contributed by atoms with Gasteiger partial charge in [0.25, 0.3) is 27.3 Å². The maximum Gasteiger partial charge on any atom is 0.277 e. The molecule has 0 fully saturated rings. The van der Waals surface area contributed by atoms with Crippen molar-refractivity contribution in [2.24, 2.45) is 0 Å². The molecule has 0 bridgehead atoms. The molecule has 0 aromatic heterocycles. The summed E-state index contributed by atoms with van der Waals surface area (Å²) in [4.78, 5) is 32.6. The zero-order valence-corrected chi connectivity index (χ0v) is 17.5. The first-order valence-electron chi connectivity index (χ1n) is 8.69. The monoisotopic (exact) mass is 476 g/mol. The van der Waals surface area contributed by atoms with Crippen LogP contribution in [0.4, 0.5) is 22.7 Å². The predicted molar refractivity (Wildman–Crippen MR) is 116 cm³/mol. The van der Waals surface area contributed by atoms with Gasteiger partial charge in [-0.15, -0.1) is 0 Å². The van der Waals surface area contributed by atoms with Crippen LogP contribution in [0.5, 0.6) is 0 Å². The summed E-state index contributed by atoms with van der Waals surface area (Å²) in [5, 5.41) is 24.8. The number of carbonyl (C=O) groups is 1. The fourth-order valence-electron chi connectivity index (χ4n) is 2.59. The van der Waals surface area contributed by atoms with Crippen LogP contribution in [0.15, 0.2) is 71.6 Å². The van der Waals surface area contributed by atoms with Crippen LogP contribution in [0.25, 0.3) is 0 Å². The second-order valence-corrected chi connectivity index (χ2v) is 8.46. The summed E-state index contributed by atoms with van der Waals surface area (Å²) in [7, 11) is -3.91. The number of hydrogen-bond acceptors (Lipinski definition) is 7. The second-order valence-electron chi connectivity index (χ2n) is 6.34. The minimum atomic E-state index is -3.91. The summed E-state index contributed by atoms with van der Waals surface area (Å²) in [5.41, 5.74) is -1.04. The number of benzene rings is 3. The first-order chi connectivity index (χ1) is 15.0. The number of hydrogen-bond donors (Lipinski definition) is 2. The number of nitrogens with zero attached hydrogens (tertiary/aromatic N) is 2. The van der Waals surface area contributed by atoms with Gasteiger partial charge >= 0.3 is 0 Å². The van der Waals surface area contributed by atoms with Crippen LogP contribution < -0.4 is 10.0 Å². The molecule has 0 aliphatic carbocycles. The van der Waals surface area contributed by atoms with Gasteiger partial charge in [-0.3, -0.25) is 29.7 Å². The molecule has 164 valence electrons. The van der Waals surface area contributed by atoms with Crippen molar-refractivity contribution < 1.29 is 23.1 Å². The van der Waals surface area contributed by atoms with Crippen molar-refractivity contribution in [3.05, 3.63) is 97.5 Å². The Labute approximate surface area is 186 Å². The van der Waals surface area contributed by atoms with Crippen molar-refractivity contribution in [1.29, 1.82) is 0 Å². The number of halogens is 1. The third-order valence-corrected chi connectivity index (χ3v) is 5.75. The molecule has 0 spiro atoms. The maximum absolute atomic E-state index is 12.5. The van der Waals surface area contributed by atoms with E-state index in [1.54, 1.807) is 0 Å². The lowest BCUT2D eigenvalue weighted by atomic mass is 10.1. The molecule has 0 saturated heterocycles. The Morgan fingerprint density at radius 2 is 1.31 bits per heavy atom. The number of sulfonamides is 1. The van der Waals surface area contributed by atoms with Crippen molar-refractivity contribution in [2.45, 2.75) is 4.90 Å². The topological polar surface area (TPSA) is 162 Å². The van der Waals surface area contributed by atoms with Gasteiger partial charge in [0, 0.05) is 28.5 Å². The fraction of sp³-hybridized carbons (Fsp3) is 0. The van der Waals surface area contributed by atoms with Crippen molar-refractivity contribution >= 4 is 50.3 Å². The van der Waals surface area contributed by atoms with E-state index in [-0.39, 0.29) is 16.1 Å². The van der Waals surface area contributed by atoms with Crippen molar-refractivity contribution in [3.63, 3.8) is 0 Å². The number of nitro benzene ring substituents is 2. The molecule has 13 heteroatoms. The highest BCUT2D eigenvalue weighted by molar-refractivity contribution is 7.92. The third-order valence-electron chi connectivity index (χ3n) is 4.11. The molecule has 3 aromatic carbocycles. The van der Waals surface area contributed by atoms with Crippen molar-refractivity contribution in [3.8, 4) is 0 Å². The molecule has 0 saturated carbocycles. The van der Waals surface area contributed by atoms with Gasteiger partial charge in [0.1, 0.15) is 0 Å². The normalized spacial score (nSPS) is 10.9. The molecular weight excluding hydrogens is 464 g/mol. The number of nitro groups is 2. The molecule has 0 atom stereocenters. The van der Waals surface area contributed by atoms with Gasteiger partial charge < -0.3 is 5.32 Å². The lowest BCUT2D eigenvalue weighted by Gasteiger charge is -2.10. The van der Waals surface area contributed by atoms with Gasteiger partial charge in [0.15, 0.2) is 0 Å². The van der Waals surface area contributed by atoms with E-state index in [9.17, 15) is 33.4 Å². The van der Waals surface area contributed by atoms with Crippen LogP contribution >= 0.6 is 11.6 Å². The Balaban J connectivity index is 1.78. The Kier molecular flexibility index (Phi) is 6.37. The average Bonchev–Trinajstić information content (AvgIpc) is 2.75. The van der Waals surface area contributed by atoms with Crippen LogP contribution in [-0.4, -0.2) is 24.2 Å². The zero-order chi connectivity index (χ0) is 23.5. The molecule has 1 amide bonds. The molecule has 3 aromatic rings. The zero-order valence-electron chi connectivity index (χ0n) is 15.9. The maximum atomic E-state index is 12.5. The number of nitrogens with one attached hydrogen (secondary N) is 2. The van der Waals surface area contributed by atoms with E-state index in [1.807, 2.05) is 0 Å². The van der Waals surface area contributed by atoms with Gasteiger partial charge in [0.2, 0.25) is 0 Å². The highest BCUT2D eigenvalue weighted by Crippen LogP contribution is 2.24. The van der Waals surface area contributed by atoms with Crippen molar-refractivity contribution in [1.82, 2.24) is 0 Å². The summed E-state index contributed by atoms with van der Waals surface area (Å²) < 4.78 is 27.4. The molecule has 3 rings (SSSR count). The number of anilines is 2. The number of amides is 1. The first kappa shape index (κ1) is 22.7. The van der Waals surface area contributed by atoms with Gasteiger partial charge in [-0.1, -0.05) is 11.6 Å². The first-order valence-corrected chi connectivity index (χ1v) is 10.5. The lowest BCUT2D eigenvalue weighted by molar-refractivity contribution is -0.394. The number of non-ortho nitro benzene ring substituents is 2. The summed E-state index contributed by atoms with van der Waals surface area (Å²) in [6, 6.07) is 13.7. The molecular formula is C19H13ClN4O7S. The van der Waals surface area contributed by atoms with E-state index in [4.69, 9.17) is 11.6 Å². The van der Waals surface area contributed by atoms with E-state index >= 15 is 0 Å². The van der Waals surface area contributed by atoms with Gasteiger partial charge in [0.05, 0.1) is 26.4 Å². The Hall–Kier alpha value is -4.03. The van der Waals surface area contributed by atoms with Gasteiger partial charge in [-0.25, -0.2) is 8.42 Å². The summed E-state index contributed by atoms with van der Waals surface area (Å²) in [5.74, 6) is -0.841. The minimum absolute atomic E-state index is 0.0866. The van der Waals surface area contributed by atoms with E-state index in [1.165, 1.54) is 48.5 Å². The predicted octanol–water partition coefficient (Wildman–Crippen LogP) is 4.21. The van der Waals surface area contributed by atoms with Gasteiger partial charge in [-0.05, 0) is 48.5 Å². The van der Waals surface area contributed by atoms with Crippen LogP contribution in [0.1, 0.15) is 10.4 Å². The lowest BCUT2D eigenvalue weighted by Crippen LogP contribution is -2.14. The second kappa shape index (κ2) is 8.99. The SMILES string of the molecule is O=C(Nc1ccc(S(=O)(=O)Nc2ccc(Cl)cc2)cc1)c1cc([N+](=O)[O-])cc([N+](=O)[O-])c1. The van der Waals surface area contributed by atoms with E-state index in [0.29, 0.717) is 10.7 Å². The molecule has 0 heterocycles. The largest absolute Gasteiger partial charge is 0.322 e. The molecule has 0 unspecified atom stereocenters. The van der Waals surface area contributed by atoms with Crippen LogP contribution in [0.2, 0.25) is 5.02 Å².